The molecule has 2 amide bonds. The van der Waals surface area contributed by atoms with Crippen LogP contribution in [0.4, 0.5) is 11.4 Å². The summed E-state index contributed by atoms with van der Waals surface area (Å²) in [7, 11) is -3.21. The molecule has 0 spiro atoms. The zero-order valence-electron chi connectivity index (χ0n) is 19.1. The summed E-state index contributed by atoms with van der Waals surface area (Å²) in [6, 6.07) is 15.6. The number of para-hydroxylation sites is 1. The average Bonchev–Trinajstić information content (AvgIpc) is 3.17. The Balaban J connectivity index is 1.52. The zero-order valence-corrected chi connectivity index (χ0v) is 20.7. The van der Waals surface area contributed by atoms with E-state index in [2.05, 4.69) is 5.32 Å². The molecular weight excluding hydrogens is 476 g/mol. The lowest BCUT2D eigenvalue weighted by atomic mass is 10.2. The van der Waals surface area contributed by atoms with Gasteiger partial charge in [0, 0.05) is 11.4 Å². The van der Waals surface area contributed by atoms with Gasteiger partial charge in [0.05, 0.1) is 23.3 Å². The summed E-state index contributed by atoms with van der Waals surface area (Å²) in [5, 5.41) is 2.10. The summed E-state index contributed by atoms with van der Waals surface area (Å²) in [4.78, 5) is 38.9. The van der Waals surface area contributed by atoms with E-state index in [1.165, 1.54) is 4.90 Å². The highest BCUT2D eigenvalue weighted by Gasteiger charge is 2.36. The first-order valence-corrected chi connectivity index (χ1v) is 13.7. The van der Waals surface area contributed by atoms with Crippen molar-refractivity contribution in [3.05, 3.63) is 60.2 Å². The van der Waals surface area contributed by atoms with Gasteiger partial charge >= 0.3 is 5.97 Å². The number of carbonyl (C=O) groups excluding carboxylic acids is 3. The predicted octanol–water partition coefficient (Wildman–Crippen LogP) is 2.82. The molecule has 2 aromatic carbocycles. The number of amides is 2. The second-order valence-corrected chi connectivity index (χ2v) is 11.7. The van der Waals surface area contributed by atoms with Crippen LogP contribution in [0.5, 0.6) is 0 Å². The Kier molecular flexibility index (Phi) is 8.73. The number of nitrogens with one attached hydrogen (secondary N) is 1. The third kappa shape index (κ3) is 7.33. The maximum Gasteiger partial charge on any atom is 0.319 e. The Hall–Kier alpha value is -2.85. The molecule has 0 bridgehead atoms. The number of benzene rings is 2. The van der Waals surface area contributed by atoms with Crippen LogP contribution >= 0.6 is 11.8 Å². The van der Waals surface area contributed by atoms with E-state index in [-0.39, 0.29) is 23.2 Å². The second kappa shape index (κ2) is 11.5. The number of nitrogens with zero attached hydrogens (tertiary/aromatic N) is 1. The molecule has 1 N–H and O–H groups in total. The van der Waals surface area contributed by atoms with Crippen molar-refractivity contribution in [1.82, 2.24) is 0 Å². The zero-order chi connectivity index (χ0) is 24.7. The van der Waals surface area contributed by atoms with Crippen LogP contribution in [-0.4, -0.2) is 61.4 Å². The molecule has 0 radical (unpaired) electrons. The molecule has 182 valence electrons. The number of anilines is 2. The molecule has 1 aliphatic rings. The van der Waals surface area contributed by atoms with Crippen LogP contribution < -0.4 is 10.2 Å². The van der Waals surface area contributed by atoms with E-state index in [0.29, 0.717) is 17.8 Å². The van der Waals surface area contributed by atoms with Gasteiger partial charge < -0.3 is 15.0 Å². The fraction of sp³-hybridized carbons (Fsp3) is 0.375. The lowest BCUT2D eigenvalue weighted by Gasteiger charge is -2.28. The van der Waals surface area contributed by atoms with Gasteiger partial charge in [-0.1, -0.05) is 35.9 Å². The minimum atomic E-state index is -3.21. The van der Waals surface area contributed by atoms with Gasteiger partial charge in [0.1, 0.15) is 5.25 Å². The quantitative estimate of drug-likeness (QED) is 0.523. The Morgan fingerprint density at radius 2 is 1.79 bits per heavy atom. The third-order valence-electron chi connectivity index (χ3n) is 5.35. The largest absolute Gasteiger partial charge is 0.455 e. The Morgan fingerprint density at radius 3 is 2.41 bits per heavy atom. The van der Waals surface area contributed by atoms with Crippen LogP contribution in [-0.2, 0) is 29.0 Å². The van der Waals surface area contributed by atoms with Crippen molar-refractivity contribution in [1.29, 1.82) is 0 Å². The van der Waals surface area contributed by atoms with Crippen molar-refractivity contribution < 1.29 is 27.5 Å². The Bertz CT molecular complexity index is 1120. The van der Waals surface area contributed by atoms with E-state index >= 15 is 0 Å². The minimum Gasteiger partial charge on any atom is -0.455 e. The summed E-state index contributed by atoms with van der Waals surface area (Å²) < 4.78 is 29.1. The highest BCUT2D eigenvalue weighted by Crippen LogP contribution is 2.25. The number of esters is 1. The molecule has 0 saturated carbocycles. The highest BCUT2D eigenvalue weighted by atomic mass is 32.2. The minimum absolute atomic E-state index is 0.0202. The van der Waals surface area contributed by atoms with E-state index in [1.54, 1.807) is 49.4 Å². The van der Waals surface area contributed by atoms with Crippen LogP contribution in [0.3, 0.4) is 0 Å². The fourth-order valence-corrected chi connectivity index (χ4v) is 5.93. The predicted molar refractivity (Wildman–Crippen MR) is 134 cm³/mol. The average molecular weight is 505 g/mol. The maximum atomic E-state index is 12.9. The van der Waals surface area contributed by atoms with Gasteiger partial charge in [0.25, 0.3) is 5.91 Å². The van der Waals surface area contributed by atoms with Crippen molar-refractivity contribution in [2.45, 2.75) is 31.6 Å². The third-order valence-corrected chi connectivity index (χ3v) is 8.22. The van der Waals surface area contributed by atoms with Crippen LogP contribution in [0, 0.1) is 6.92 Å². The van der Waals surface area contributed by atoms with Crippen molar-refractivity contribution in [2.24, 2.45) is 0 Å². The number of sulfone groups is 1. The van der Waals surface area contributed by atoms with Crippen molar-refractivity contribution in [3.8, 4) is 0 Å². The van der Waals surface area contributed by atoms with E-state index in [4.69, 9.17) is 4.74 Å². The summed E-state index contributed by atoms with van der Waals surface area (Å²) in [6.07, 6.45) is 0.333. The Labute approximate surface area is 204 Å². The topological polar surface area (TPSA) is 110 Å². The second-order valence-electron chi connectivity index (χ2n) is 8.13. The normalized spacial score (nSPS) is 17.5. The van der Waals surface area contributed by atoms with Crippen LogP contribution in [0.2, 0.25) is 0 Å². The number of ether oxygens (including phenoxy) is 1. The SMILES string of the molecule is Cc1ccc(NC(=O)CSC(C)C(=O)OCC(=O)N(c2ccccc2)C2CCS(=O)(=O)C2)cc1. The summed E-state index contributed by atoms with van der Waals surface area (Å²) >= 11 is 1.11. The maximum absolute atomic E-state index is 12.9. The first-order valence-electron chi connectivity index (χ1n) is 10.9. The lowest BCUT2D eigenvalue weighted by Crippen LogP contribution is -2.44. The molecule has 1 fully saturated rings. The number of hydrogen-bond acceptors (Lipinski definition) is 7. The molecule has 2 atom stereocenters. The first-order chi connectivity index (χ1) is 16.1. The smallest absolute Gasteiger partial charge is 0.319 e. The number of carbonyl (C=O) groups is 3. The van der Waals surface area contributed by atoms with Gasteiger partial charge in [-0.05, 0) is 44.5 Å². The van der Waals surface area contributed by atoms with Crippen molar-refractivity contribution >= 4 is 50.8 Å². The summed E-state index contributed by atoms with van der Waals surface area (Å²) in [5.41, 5.74) is 2.31. The summed E-state index contributed by atoms with van der Waals surface area (Å²) in [6.45, 7) is 3.05. The number of rotatable bonds is 9. The highest BCUT2D eigenvalue weighted by molar-refractivity contribution is 8.01. The fourth-order valence-electron chi connectivity index (χ4n) is 3.55. The molecule has 3 rings (SSSR count). The molecule has 2 unspecified atom stereocenters. The molecule has 1 aliphatic heterocycles. The van der Waals surface area contributed by atoms with Gasteiger partial charge in [0.15, 0.2) is 16.4 Å². The van der Waals surface area contributed by atoms with E-state index in [9.17, 15) is 22.8 Å². The molecule has 8 nitrogen and oxygen atoms in total. The Morgan fingerprint density at radius 1 is 1.12 bits per heavy atom. The molecule has 0 aromatic heterocycles. The number of thioether (sulfide) groups is 1. The van der Waals surface area contributed by atoms with Crippen molar-refractivity contribution in [2.75, 3.05) is 34.1 Å². The van der Waals surface area contributed by atoms with Gasteiger partial charge in [-0.25, -0.2) is 8.42 Å². The molecule has 10 heteroatoms. The van der Waals surface area contributed by atoms with Gasteiger partial charge in [0.2, 0.25) is 5.91 Å². The van der Waals surface area contributed by atoms with E-state index < -0.39 is 39.6 Å². The molecule has 1 heterocycles. The van der Waals surface area contributed by atoms with Gasteiger partial charge in [-0.2, -0.15) is 0 Å². The summed E-state index contributed by atoms with van der Waals surface area (Å²) in [5.74, 6) is -1.41. The number of hydrogen-bond donors (Lipinski definition) is 1. The van der Waals surface area contributed by atoms with Gasteiger partial charge in [-0.3, -0.25) is 14.4 Å². The van der Waals surface area contributed by atoms with Crippen LogP contribution in [0.15, 0.2) is 54.6 Å². The number of aryl methyl sites for hydroxylation is 1. The molecule has 0 aliphatic carbocycles. The monoisotopic (exact) mass is 504 g/mol. The standard InChI is InChI=1S/C24H28N2O6S2/c1-17-8-10-19(11-9-17)25-22(27)15-33-18(2)24(29)32-14-23(28)26(20-6-4-3-5-7-20)21-12-13-34(30,31)16-21/h3-11,18,21H,12-16H2,1-2H3,(H,25,27). The van der Waals surface area contributed by atoms with E-state index in [1.807, 2.05) is 19.1 Å². The van der Waals surface area contributed by atoms with Crippen LogP contribution in [0.1, 0.15) is 18.9 Å². The first kappa shape index (κ1) is 25.8. The molecule has 1 saturated heterocycles. The molecule has 34 heavy (non-hydrogen) atoms. The van der Waals surface area contributed by atoms with Crippen molar-refractivity contribution in [3.63, 3.8) is 0 Å². The molecule has 2 aromatic rings. The van der Waals surface area contributed by atoms with E-state index in [0.717, 1.165) is 17.3 Å². The lowest BCUT2D eigenvalue weighted by molar-refractivity contribution is -0.147. The van der Waals surface area contributed by atoms with Gasteiger partial charge in [-0.15, -0.1) is 11.8 Å². The molecular formula is C24H28N2O6S2. The van der Waals surface area contributed by atoms with Crippen LogP contribution in [0.25, 0.3) is 0 Å².